The van der Waals surface area contributed by atoms with E-state index in [-0.39, 0.29) is 18.3 Å². The predicted octanol–water partition coefficient (Wildman–Crippen LogP) is 2.95. The average molecular weight is 269 g/mol. The molecule has 0 saturated carbocycles. The molecular weight excluding hydrogens is 248 g/mol. The highest BCUT2D eigenvalue weighted by molar-refractivity contribution is 5.95. The number of nitrogens with two attached hydrogens (primary N) is 1. The molecule has 1 aliphatic heterocycles. The Morgan fingerprint density at radius 2 is 2.17 bits per heavy atom. The first-order valence-corrected chi connectivity index (χ1v) is 6.26. The van der Waals surface area contributed by atoms with Crippen LogP contribution in [0, 0.1) is 5.92 Å². The molecule has 0 spiro atoms. The van der Waals surface area contributed by atoms with Gasteiger partial charge in [0, 0.05) is 23.8 Å². The van der Waals surface area contributed by atoms with E-state index in [0.29, 0.717) is 23.2 Å². The molecule has 1 amide bonds. The molecule has 1 saturated heterocycles. The number of likely N-dealkylation sites (tertiary alicyclic amines) is 1. The zero-order valence-electron chi connectivity index (χ0n) is 10.9. The van der Waals surface area contributed by atoms with Crippen LogP contribution in [0.2, 0.25) is 0 Å². The fourth-order valence-corrected chi connectivity index (χ4v) is 2.58. The quantitative estimate of drug-likeness (QED) is 0.839. The molecule has 1 aromatic carbocycles. The van der Waals surface area contributed by atoms with Crippen LogP contribution in [-0.4, -0.2) is 23.4 Å². The maximum absolute atomic E-state index is 12.4. The van der Waals surface area contributed by atoms with Gasteiger partial charge in [0.05, 0.1) is 0 Å². The van der Waals surface area contributed by atoms with Gasteiger partial charge in [-0.3, -0.25) is 4.79 Å². The van der Waals surface area contributed by atoms with E-state index in [2.05, 4.69) is 13.8 Å². The standard InChI is InChI=1S/C14H20N2O.ClH/c1-10(2)13-7-4-8-16(13)14(17)11-5-3-6-12(15)9-11;/h3,5-6,9-10,13H,4,7-8,15H2,1-2H3;1H. The van der Waals surface area contributed by atoms with Crippen LogP contribution in [0.1, 0.15) is 37.0 Å². The normalized spacial score (nSPS) is 18.8. The lowest BCUT2D eigenvalue weighted by atomic mass is 10.0. The molecule has 1 atom stereocenters. The lowest BCUT2D eigenvalue weighted by molar-refractivity contribution is 0.0701. The Balaban J connectivity index is 0.00000162. The zero-order valence-corrected chi connectivity index (χ0v) is 11.7. The van der Waals surface area contributed by atoms with Crippen LogP contribution in [0.3, 0.4) is 0 Å². The molecular formula is C14H21ClN2O. The maximum Gasteiger partial charge on any atom is 0.254 e. The summed E-state index contributed by atoms with van der Waals surface area (Å²) >= 11 is 0. The summed E-state index contributed by atoms with van der Waals surface area (Å²) in [5.41, 5.74) is 7.07. The minimum atomic E-state index is 0. The van der Waals surface area contributed by atoms with E-state index >= 15 is 0 Å². The number of hydrogen-bond donors (Lipinski definition) is 1. The second-order valence-electron chi connectivity index (χ2n) is 5.08. The highest BCUT2D eigenvalue weighted by Crippen LogP contribution is 2.25. The van der Waals surface area contributed by atoms with E-state index in [1.165, 1.54) is 0 Å². The molecule has 1 fully saturated rings. The fourth-order valence-electron chi connectivity index (χ4n) is 2.58. The molecule has 0 aromatic heterocycles. The van der Waals surface area contributed by atoms with Gasteiger partial charge in [-0.15, -0.1) is 12.4 Å². The van der Waals surface area contributed by atoms with Crippen LogP contribution < -0.4 is 5.73 Å². The van der Waals surface area contributed by atoms with Crippen molar-refractivity contribution in [2.75, 3.05) is 12.3 Å². The van der Waals surface area contributed by atoms with Crippen molar-refractivity contribution in [3.05, 3.63) is 29.8 Å². The SMILES string of the molecule is CC(C)C1CCCN1C(=O)c1cccc(N)c1.Cl. The Morgan fingerprint density at radius 3 is 2.78 bits per heavy atom. The zero-order chi connectivity index (χ0) is 12.4. The third-order valence-electron chi connectivity index (χ3n) is 3.46. The summed E-state index contributed by atoms with van der Waals surface area (Å²) < 4.78 is 0. The Morgan fingerprint density at radius 1 is 1.44 bits per heavy atom. The highest BCUT2D eigenvalue weighted by Gasteiger charge is 2.31. The Bertz CT molecular complexity index is 420. The van der Waals surface area contributed by atoms with Gasteiger partial charge in [-0.2, -0.15) is 0 Å². The van der Waals surface area contributed by atoms with Gasteiger partial charge < -0.3 is 10.6 Å². The summed E-state index contributed by atoms with van der Waals surface area (Å²) in [6, 6.07) is 7.62. The van der Waals surface area contributed by atoms with E-state index in [9.17, 15) is 4.79 Å². The van der Waals surface area contributed by atoms with E-state index in [1.54, 1.807) is 12.1 Å². The highest BCUT2D eigenvalue weighted by atomic mass is 35.5. The lowest BCUT2D eigenvalue weighted by Gasteiger charge is -2.27. The van der Waals surface area contributed by atoms with Crippen LogP contribution in [0.25, 0.3) is 0 Å². The van der Waals surface area contributed by atoms with Crippen molar-refractivity contribution >= 4 is 24.0 Å². The summed E-state index contributed by atoms with van der Waals surface area (Å²) in [5.74, 6) is 0.635. The number of benzene rings is 1. The van der Waals surface area contributed by atoms with Crippen molar-refractivity contribution in [3.8, 4) is 0 Å². The number of carbonyl (C=O) groups is 1. The first kappa shape index (κ1) is 14.8. The molecule has 18 heavy (non-hydrogen) atoms. The van der Waals surface area contributed by atoms with Gasteiger partial charge >= 0.3 is 0 Å². The molecule has 1 aromatic rings. The van der Waals surface area contributed by atoms with Crippen LogP contribution in [0.4, 0.5) is 5.69 Å². The second kappa shape index (κ2) is 6.10. The topological polar surface area (TPSA) is 46.3 Å². The number of anilines is 1. The third-order valence-corrected chi connectivity index (χ3v) is 3.46. The van der Waals surface area contributed by atoms with Gasteiger partial charge in [-0.1, -0.05) is 19.9 Å². The van der Waals surface area contributed by atoms with E-state index in [4.69, 9.17) is 5.73 Å². The third kappa shape index (κ3) is 2.96. The minimum absolute atomic E-state index is 0. The van der Waals surface area contributed by atoms with Crippen LogP contribution in [0.5, 0.6) is 0 Å². The van der Waals surface area contributed by atoms with Gasteiger partial charge in [-0.25, -0.2) is 0 Å². The molecule has 100 valence electrons. The van der Waals surface area contributed by atoms with Gasteiger partial charge in [-0.05, 0) is 37.0 Å². The van der Waals surface area contributed by atoms with E-state index in [0.717, 1.165) is 19.4 Å². The molecule has 2 rings (SSSR count). The first-order chi connectivity index (χ1) is 8.09. The number of carbonyl (C=O) groups excluding carboxylic acids is 1. The van der Waals surface area contributed by atoms with Crippen molar-refractivity contribution in [1.29, 1.82) is 0 Å². The summed E-state index contributed by atoms with van der Waals surface area (Å²) in [5, 5.41) is 0. The number of rotatable bonds is 2. The van der Waals surface area contributed by atoms with Crippen molar-refractivity contribution in [1.82, 2.24) is 4.90 Å². The van der Waals surface area contributed by atoms with Crippen molar-refractivity contribution < 1.29 is 4.79 Å². The smallest absolute Gasteiger partial charge is 0.254 e. The Hall–Kier alpha value is -1.22. The second-order valence-corrected chi connectivity index (χ2v) is 5.08. The van der Waals surface area contributed by atoms with Crippen molar-refractivity contribution in [3.63, 3.8) is 0 Å². The molecule has 1 aliphatic rings. The summed E-state index contributed by atoms with van der Waals surface area (Å²) in [6.45, 7) is 5.22. The summed E-state index contributed by atoms with van der Waals surface area (Å²) in [6.07, 6.45) is 2.22. The molecule has 0 aliphatic carbocycles. The van der Waals surface area contributed by atoms with Crippen molar-refractivity contribution in [2.24, 2.45) is 5.92 Å². The van der Waals surface area contributed by atoms with Gasteiger partial charge in [0.15, 0.2) is 0 Å². The van der Waals surface area contributed by atoms with Crippen LogP contribution in [0.15, 0.2) is 24.3 Å². The summed E-state index contributed by atoms with van der Waals surface area (Å²) in [7, 11) is 0. The minimum Gasteiger partial charge on any atom is -0.399 e. The number of hydrogen-bond acceptors (Lipinski definition) is 2. The van der Waals surface area contributed by atoms with Crippen LogP contribution in [-0.2, 0) is 0 Å². The monoisotopic (exact) mass is 268 g/mol. The van der Waals surface area contributed by atoms with Gasteiger partial charge in [0.2, 0.25) is 0 Å². The number of amides is 1. The first-order valence-electron chi connectivity index (χ1n) is 6.26. The van der Waals surface area contributed by atoms with Crippen LogP contribution >= 0.6 is 12.4 Å². The van der Waals surface area contributed by atoms with Crippen molar-refractivity contribution in [2.45, 2.75) is 32.7 Å². The molecule has 4 heteroatoms. The predicted molar refractivity (Wildman–Crippen MR) is 77.0 cm³/mol. The lowest BCUT2D eigenvalue weighted by Crippen LogP contribution is -2.38. The number of nitrogens with zero attached hydrogens (tertiary/aromatic N) is 1. The molecule has 1 unspecified atom stereocenters. The average Bonchev–Trinajstić information content (AvgIpc) is 2.77. The number of nitrogen functional groups attached to an aromatic ring is 1. The Kier molecular flexibility index (Phi) is 5.03. The Labute approximate surface area is 115 Å². The summed E-state index contributed by atoms with van der Waals surface area (Å²) in [4.78, 5) is 14.4. The molecule has 0 bridgehead atoms. The van der Waals surface area contributed by atoms with Gasteiger partial charge in [0.1, 0.15) is 0 Å². The molecule has 2 N–H and O–H groups in total. The molecule has 3 nitrogen and oxygen atoms in total. The fraction of sp³-hybridized carbons (Fsp3) is 0.500. The van der Waals surface area contributed by atoms with Gasteiger partial charge in [0.25, 0.3) is 5.91 Å². The van der Waals surface area contributed by atoms with E-state index < -0.39 is 0 Å². The largest absolute Gasteiger partial charge is 0.399 e. The number of halogens is 1. The maximum atomic E-state index is 12.4. The molecule has 1 heterocycles. The van der Waals surface area contributed by atoms with E-state index in [1.807, 2.05) is 17.0 Å². The molecule has 0 radical (unpaired) electrons.